The fourth-order valence-corrected chi connectivity index (χ4v) is 3.46. The number of nitrogens with one attached hydrogen (secondary N) is 1. The van der Waals surface area contributed by atoms with Crippen molar-refractivity contribution in [3.8, 4) is 0 Å². The summed E-state index contributed by atoms with van der Waals surface area (Å²) in [6.45, 7) is 2.62. The third-order valence-corrected chi connectivity index (χ3v) is 4.80. The van der Waals surface area contributed by atoms with Crippen LogP contribution in [-0.4, -0.2) is 11.5 Å². The lowest BCUT2D eigenvalue weighted by Crippen LogP contribution is -2.25. The van der Waals surface area contributed by atoms with Gasteiger partial charge in [-0.25, -0.2) is 0 Å². The summed E-state index contributed by atoms with van der Waals surface area (Å²) in [7, 11) is 0. The first-order chi connectivity index (χ1) is 9.93. The average Bonchev–Trinajstić information content (AvgIpc) is 2.85. The van der Waals surface area contributed by atoms with Crippen LogP contribution in [-0.2, 0) is 6.18 Å². The van der Waals surface area contributed by atoms with Crippen molar-refractivity contribution < 1.29 is 13.2 Å². The number of alkyl halides is 3. The summed E-state index contributed by atoms with van der Waals surface area (Å²) in [5.74, 6) is 0. The third-order valence-electron chi connectivity index (χ3n) is 2.99. The van der Waals surface area contributed by atoms with Crippen LogP contribution in [0.4, 0.5) is 13.2 Å². The lowest BCUT2D eigenvalue weighted by molar-refractivity contribution is -0.138. The maximum atomic E-state index is 13.2. The molecule has 2 nitrogen and oxygen atoms in total. The fourth-order valence-electron chi connectivity index (χ4n) is 2.07. The van der Waals surface area contributed by atoms with Gasteiger partial charge in [-0.3, -0.25) is 4.98 Å². The summed E-state index contributed by atoms with van der Waals surface area (Å²) in [5.41, 5.74) is 0.385. The van der Waals surface area contributed by atoms with Gasteiger partial charge < -0.3 is 5.32 Å². The SMILES string of the molecule is CCCNC(c1csc(I)c1)c1cnccc1C(F)(F)F. The maximum absolute atomic E-state index is 13.2. The van der Waals surface area contributed by atoms with E-state index in [0.717, 1.165) is 20.9 Å². The number of rotatable bonds is 5. The molecule has 0 radical (unpaired) electrons. The highest BCUT2D eigenvalue weighted by molar-refractivity contribution is 14.1. The molecule has 2 aromatic rings. The van der Waals surface area contributed by atoms with Crippen LogP contribution in [0.3, 0.4) is 0 Å². The van der Waals surface area contributed by atoms with Crippen LogP contribution in [0.2, 0.25) is 0 Å². The van der Waals surface area contributed by atoms with Crippen LogP contribution < -0.4 is 5.32 Å². The molecule has 114 valence electrons. The molecule has 2 aromatic heterocycles. The second-order valence-corrected chi connectivity index (χ2v) is 7.34. The van der Waals surface area contributed by atoms with Crippen LogP contribution in [0, 0.1) is 2.88 Å². The van der Waals surface area contributed by atoms with Gasteiger partial charge in [0, 0.05) is 18.0 Å². The molecule has 0 saturated carbocycles. The first kappa shape index (κ1) is 16.7. The number of halogens is 4. The highest BCUT2D eigenvalue weighted by Gasteiger charge is 2.35. The molecule has 21 heavy (non-hydrogen) atoms. The Morgan fingerprint density at radius 3 is 2.76 bits per heavy atom. The molecule has 0 fully saturated rings. The van der Waals surface area contributed by atoms with Gasteiger partial charge in [0.2, 0.25) is 0 Å². The zero-order valence-corrected chi connectivity index (χ0v) is 14.2. The standard InChI is InChI=1S/C14H14F3IN2S/c1-2-4-20-13(9-6-12(18)21-8-9)10-7-19-5-3-11(10)14(15,16)17/h3,5-8,13,20H,2,4H2,1H3. The first-order valence-corrected chi connectivity index (χ1v) is 8.37. The number of hydrogen-bond acceptors (Lipinski definition) is 3. The highest BCUT2D eigenvalue weighted by atomic mass is 127. The molecular formula is C14H14F3IN2S. The summed E-state index contributed by atoms with van der Waals surface area (Å²) in [6, 6.07) is 2.45. The van der Waals surface area contributed by atoms with Crippen molar-refractivity contribution in [3.05, 3.63) is 49.5 Å². The molecule has 1 unspecified atom stereocenters. The molecule has 0 bridgehead atoms. The van der Waals surface area contributed by atoms with Gasteiger partial charge in [0.15, 0.2) is 0 Å². The van der Waals surface area contributed by atoms with Crippen LogP contribution >= 0.6 is 33.9 Å². The molecule has 0 amide bonds. The molecule has 0 aliphatic carbocycles. The van der Waals surface area contributed by atoms with Crippen LogP contribution in [0.1, 0.15) is 36.1 Å². The molecular weight excluding hydrogens is 412 g/mol. The van der Waals surface area contributed by atoms with E-state index < -0.39 is 17.8 Å². The number of pyridine rings is 1. The quantitative estimate of drug-likeness (QED) is 0.692. The van der Waals surface area contributed by atoms with Gasteiger partial charge in [0.1, 0.15) is 0 Å². The van der Waals surface area contributed by atoms with Crippen LogP contribution in [0.15, 0.2) is 29.9 Å². The average molecular weight is 426 g/mol. The Morgan fingerprint density at radius 1 is 1.43 bits per heavy atom. The summed E-state index contributed by atoms with van der Waals surface area (Å²) in [5, 5.41) is 5.08. The topological polar surface area (TPSA) is 24.9 Å². The highest BCUT2D eigenvalue weighted by Crippen LogP contribution is 2.37. The van der Waals surface area contributed by atoms with E-state index in [9.17, 15) is 13.2 Å². The molecule has 0 saturated heterocycles. The Hall–Kier alpha value is -0.670. The van der Waals surface area contributed by atoms with E-state index in [4.69, 9.17) is 0 Å². The van der Waals surface area contributed by atoms with Gasteiger partial charge in [-0.2, -0.15) is 13.2 Å². The first-order valence-electron chi connectivity index (χ1n) is 6.42. The Balaban J connectivity index is 2.46. The Bertz CT molecular complexity index is 598. The van der Waals surface area contributed by atoms with E-state index in [2.05, 4.69) is 32.9 Å². The van der Waals surface area contributed by atoms with Gasteiger partial charge in [-0.15, -0.1) is 11.3 Å². The molecule has 2 rings (SSSR count). The Labute approximate surface area is 138 Å². The number of aromatic nitrogens is 1. The lowest BCUT2D eigenvalue weighted by Gasteiger charge is -2.21. The predicted octanol–water partition coefficient (Wildman–Crippen LogP) is 4.86. The fraction of sp³-hybridized carbons (Fsp3) is 0.357. The number of nitrogens with zero attached hydrogens (tertiary/aromatic N) is 1. The zero-order valence-electron chi connectivity index (χ0n) is 11.2. The van der Waals surface area contributed by atoms with Crippen LogP contribution in [0.25, 0.3) is 0 Å². The number of thiophene rings is 1. The van der Waals surface area contributed by atoms with Crippen molar-refractivity contribution in [3.63, 3.8) is 0 Å². The van der Waals surface area contributed by atoms with Crippen molar-refractivity contribution in [2.75, 3.05) is 6.54 Å². The largest absolute Gasteiger partial charge is 0.416 e. The molecule has 1 atom stereocenters. The van der Waals surface area contributed by atoms with Crippen LogP contribution in [0.5, 0.6) is 0 Å². The van der Waals surface area contributed by atoms with Crippen molar-refractivity contribution in [2.24, 2.45) is 0 Å². The molecule has 7 heteroatoms. The minimum atomic E-state index is -4.38. The number of hydrogen-bond donors (Lipinski definition) is 1. The van der Waals surface area contributed by atoms with Crippen molar-refractivity contribution in [1.29, 1.82) is 0 Å². The summed E-state index contributed by atoms with van der Waals surface area (Å²) in [4.78, 5) is 3.88. The van der Waals surface area contributed by atoms with Gasteiger partial charge in [0.25, 0.3) is 0 Å². The molecule has 0 spiro atoms. The summed E-state index contributed by atoms with van der Waals surface area (Å²) < 4.78 is 40.6. The van der Waals surface area contributed by atoms with E-state index in [0.29, 0.717) is 6.54 Å². The molecule has 0 aromatic carbocycles. The van der Waals surface area contributed by atoms with E-state index >= 15 is 0 Å². The second kappa shape index (κ2) is 7.06. The summed E-state index contributed by atoms with van der Waals surface area (Å²) >= 11 is 3.69. The van der Waals surface area contributed by atoms with Gasteiger partial charge in [0.05, 0.1) is 14.5 Å². The second-order valence-electron chi connectivity index (χ2n) is 4.53. The molecule has 1 N–H and O–H groups in total. The molecule has 0 aliphatic rings. The van der Waals surface area contributed by atoms with Gasteiger partial charge >= 0.3 is 6.18 Å². The predicted molar refractivity (Wildman–Crippen MR) is 86.4 cm³/mol. The van der Waals surface area contributed by atoms with E-state index in [-0.39, 0.29) is 5.56 Å². The summed E-state index contributed by atoms with van der Waals surface area (Å²) in [6.07, 6.45) is -1.05. The lowest BCUT2D eigenvalue weighted by atomic mass is 9.97. The smallest absolute Gasteiger partial charge is 0.306 e. The van der Waals surface area contributed by atoms with Gasteiger partial charge in [-0.1, -0.05) is 6.92 Å². The maximum Gasteiger partial charge on any atom is 0.416 e. The van der Waals surface area contributed by atoms with Crippen molar-refractivity contribution in [2.45, 2.75) is 25.6 Å². The van der Waals surface area contributed by atoms with Crippen molar-refractivity contribution in [1.82, 2.24) is 10.3 Å². The molecule has 2 heterocycles. The zero-order chi connectivity index (χ0) is 15.5. The molecule has 0 aliphatic heterocycles. The van der Waals surface area contributed by atoms with E-state index in [1.165, 1.54) is 23.7 Å². The monoisotopic (exact) mass is 426 g/mol. The van der Waals surface area contributed by atoms with Crippen molar-refractivity contribution >= 4 is 33.9 Å². The Morgan fingerprint density at radius 2 is 2.19 bits per heavy atom. The van der Waals surface area contributed by atoms with E-state index in [1.54, 1.807) is 0 Å². The van der Waals surface area contributed by atoms with Gasteiger partial charge in [-0.05, 0) is 58.6 Å². The third kappa shape index (κ3) is 4.17. The Kier molecular flexibility index (Phi) is 5.61. The minimum absolute atomic E-state index is 0.174. The van der Waals surface area contributed by atoms with E-state index in [1.807, 2.05) is 18.4 Å². The normalized spacial score (nSPS) is 13.4. The minimum Gasteiger partial charge on any atom is -0.306 e.